The van der Waals surface area contributed by atoms with Crippen LogP contribution >= 0.6 is 0 Å². The van der Waals surface area contributed by atoms with E-state index >= 15 is 0 Å². The molecule has 0 spiro atoms. The minimum absolute atomic E-state index is 0.808. The van der Waals surface area contributed by atoms with E-state index in [-0.39, 0.29) is 0 Å². The second-order valence-electron chi connectivity index (χ2n) is 5.30. The lowest BCUT2D eigenvalue weighted by molar-refractivity contribution is -0.750. The summed E-state index contributed by atoms with van der Waals surface area (Å²) < 4.78 is 35.3. The van der Waals surface area contributed by atoms with E-state index in [0.717, 1.165) is 7.11 Å². The van der Waals surface area contributed by atoms with E-state index in [4.69, 9.17) is 0 Å². The fourth-order valence-corrected chi connectivity index (χ4v) is 2.43. The lowest BCUT2D eigenvalue weighted by atomic mass is 10.0. The van der Waals surface area contributed by atoms with Gasteiger partial charge in [0.25, 0.3) is 0 Å². The molecule has 0 unspecified atom stereocenters. The van der Waals surface area contributed by atoms with E-state index < -0.39 is 10.4 Å². The van der Waals surface area contributed by atoms with Crippen molar-refractivity contribution in [1.29, 1.82) is 0 Å². The van der Waals surface area contributed by atoms with Crippen LogP contribution in [0, 0.1) is 0 Å². The van der Waals surface area contributed by atoms with E-state index in [1.54, 1.807) is 0 Å². The first-order chi connectivity index (χ1) is 11.8. The zero-order valence-corrected chi connectivity index (χ0v) is 15.1. The van der Waals surface area contributed by atoms with Crippen molar-refractivity contribution in [2.24, 2.45) is 14.1 Å². The fourth-order valence-electron chi connectivity index (χ4n) is 2.43. The number of hydrogen-bond acceptors (Lipinski definition) is 4. The van der Waals surface area contributed by atoms with E-state index in [9.17, 15) is 13.0 Å². The zero-order valence-electron chi connectivity index (χ0n) is 14.3. The van der Waals surface area contributed by atoms with Gasteiger partial charge in [-0.2, -0.15) is 4.68 Å². The Morgan fingerprint density at radius 3 is 1.84 bits per heavy atom. The number of hydrogen-bond donors (Lipinski definition) is 0. The van der Waals surface area contributed by atoms with Crippen LogP contribution in [0.1, 0.15) is 0 Å². The average molecular weight is 360 g/mol. The SMILES string of the molecule is COS(=O)(=O)[O-].Cn1c(-c2ccccc2)c(-c2ccccc2)c[n+]1C. The summed E-state index contributed by atoms with van der Waals surface area (Å²) >= 11 is 0. The fraction of sp³-hybridized carbons (Fsp3) is 0.167. The lowest BCUT2D eigenvalue weighted by Gasteiger charge is -2.03. The highest BCUT2D eigenvalue weighted by Gasteiger charge is 2.19. The van der Waals surface area contributed by atoms with E-state index in [1.807, 2.05) is 0 Å². The second kappa shape index (κ2) is 8.06. The molecular weight excluding hydrogens is 340 g/mol. The van der Waals surface area contributed by atoms with Crippen LogP contribution in [-0.4, -0.2) is 24.8 Å². The molecule has 1 aromatic heterocycles. The molecule has 25 heavy (non-hydrogen) atoms. The third kappa shape index (κ3) is 4.99. The smallest absolute Gasteiger partial charge is 0.217 e. The molecular formula is C18H20N2O4S. The topological polar surface area (TPSA) is 75.2 Å². The van der Waals surface area contributed by atoms with Crippen LogP contribution in [-0.2, 0) is 28.7 Å². The number of aryl methyl sites for hydroxylation is 1. The van der Waals surface area contributed by atoms with Gasteiger partial charge in [0.2, 0.25) is 16.6 Å². The van der Waals surface area contributed by atoms with Gasteiger partial charge in [-0.05, 0) is 5.56 Å². The van der Waals surface area contributed by atoms with Crippen LogP contribution in [0.15, 0.2) is 66.9 Å². The first-order valence-electron chi connectivity index (χ1n) is 7.51. The lowest BCUT2D eigenvalue weighted by Crippen LogP contribution is -2.36. The summed E-state index contributed by atoms with van der Waals surface area (Å²) in [4.78, 5) is 0. The Morgan fingerprint density at radius 2 is 1.40 bits per heavy atom. The van der Waals surface area contributed by atoms with Gasteiger partial charge in [0.15, 0.2) is 7.05 Å². The van der Waals surface area contributed by atoms with Crippen LogP contribution in [0.25, 0.3) is 22.4 Å². The van der Waals surface area contributed by atoms with Crippen molar-refractivity contribution in [3.63, 3.8) is 0 Å². The average Bonchev–Trinajstić information content (AvgIpc) is 2.91. The van der Waals surface area contributed by atoms with Crippen LogP contribution in [0.4, 0.5) is 0 Å². The molecule has 0 aliphatic carbocycles. The predicted molar refractivity (Wildman–Crippen MR) is 94.2 cm³/mol. The summed E-state index contributed by atoms with van der Waals surface area (Å²) in [6.45, 7) is 0. The monoisotopic (exact) mass is 360 g/mol. The molecule has 3 rings (SSSR count). The summed E-state index contributed by atoms with van der Waals surface area (Å²) in [5, 5.41) is 0. The molecule has 0 atom stereocenters. The Hall–Kier alpha value is -2.48. The Bertz CT molecular complexity index is 920. The van der Waals surface area contributed by atoms with Gasteiger partial charge in [-0.1, -0.05) is 60.7 Å². The highest BCUT2D eigenvalue weighted by molar-refractivity contribution is 7.80. The Balaban J connectivity index is 0.000000326. The summed E-state index contributed by atoms with van der Waals surface area (Å²) in [6, 6.07) is 21.0. The second-order valence-corrected chi connectivity index (χ2v) is 6.45. The van der Waals surface area contributed by atoms with Crippen LogP contribution < -0.4 is 4.68 Å². The maximum Gasteiger partial charge on any atom is 0.217 e. The van der Waals surface area contributed by atoms with Crippen molar-refractivity contribution >= 4 is 10.4 Å². The van der Waals surface area contributed by atoms with Gasteiger partial charge in [0.05, 0.1) is 19.7 Å². The number of nitrogens with zero attached hydrogens (tertiary/aromatic N) is 2. The minimum atomic E-state index is -4.41. The molecule has 0 amide bonds. The third-order valence-corrected chi connectivity index (χ3v) is 4.11. The van der Waals surface area contributed by atoms with Crippen LogP contribution in [0.2, 0.25) is 0 Å². The van der Waals surface area contributed by atoms with E-state index in [1.165, 1.54) is 22.4 Å². The molecule has 0 bridgehead atoms. The Labute approximate surface area is 147 Å². The van der Waals surface area contributed by atoms with Gasteiger partial charge >= 0.3 is 0 Å². The quantitative estimate of drug-likeness (QED) is 0.408. The largest absolute Gasteiger partial charge is 0.726 e. The summed E-state index contributed by atoms with van der Waals surface area (Å²) in [6.07, 6.45) is 2.18. The summed E-state index contributed by atoms with van der Waals surface area (Å²) in [7, 11) is 0.556. The van der Waals surface area contributed by atoms with Crippen molar-refractivity contribution in [2.45, 2.75) is 0 Å². The molecule has 1 heterocycles. The normalized spacial score (nSPS) is 10.9. The zero-order chi connectivity index (χ0) is 18.4. The minimum Gasteiger partial charge on any atom is -0.726 e. The molecule has 6 nitrogen and oxygen atoms in total. The maximum absolute atomic E-state index is 9.22. The molecule has 2 aromatic carbocycles. The Morgan fingerprint density at radius 1 is 0.960 bits per heavy atom. The third-order valence-electron chi connectivity index (χ3n) is 3.70. The first kappa shape index (κ1) is 18.9. The molecule has 0 fully saturated rings. The van der Waals surface area contributed by atoms with Crippen LogP contribution in [0.5, 0.6) is 0 Å². The number of benzene rings is 2. The molecule has 0 aliphatic rings. The molecule has 0 N–H and O–H groups in total. The molecule has 0 saturated heterocycles. The molecule has 132 valence electrons. The van der Waals surface area contributed by atoms with Crippen molar-refractivity contribution in [3.8, 4) is 22.4 Å². The van der Waals surface area contributed by atoms with Gasteiger partial charge in [-0.15, -0.1) is 4.68 Å². The molecule has 0 aliphatic heterocycles. The molecule has 0 radical (unpaired) electrons. The highest BCUT2D eigenvalue weighted by atomic mass is 32.3. The van der Waals surface area contributed by atoms with Crippen molar-refractivity contribution in [1.82, 2.24) is 4.68 Å². The van der Waals surface area contributed by atoms with Gasteiger partial charge in [0.1, 0.15) is 5.69 Å². The van der Waals surface area contributed by atoms with Gasteiger partial charge in [-0.3, -0.25) is 4.18 Å². The highest BCUT2D eigenvalue weighted by Crippen LogP contribution is 2.30. The van der Waals surface area contributed by atoms with Crippen molar-refractivity contribution < 1.29 is 21.8 Å². The van der Waals surface area contributed by atoms with Gasteiger partial charge in [0, 0.05) is 5.56 Å². The predicted octanol–water partition coefficient (Wildman–Crippen LogP) is 2.28. The molecule has 7 heteroatoms. The summed E-state index contributed by atoms with van der Waals surface area (Å²) in [5.74, 6) is 0. The standard InChI is InChI=1S/C17H17N2.CH4O4S/c1-18-13-16(14-9-5-3-6-10-14)17(19(18)2)15-11-7-4-8-12-15;1-5-6(2,3)4/h3-13H,1-2H3;1H3,(H,2,3,4)/q+1;/p-1. The van der Waals surface area contributed by atoms with E-state index in [2.05, 4.69) is 94.5 Å². The number of rotatable bonds is 3. The maximum atomic E-state index is 9.22. The molecule has 0 saturated carbocycles. The molecule has 3 aromatic rings. The first-order valence-corrected chi connectivity index (χ1v) is 8.84. The van der Waals surface area contributed by atoms with Gasteiger partial charge < -0.3 is 4.55 Å². The van der Waals surface area contributed by atoms with Gasteiger partial charge in [-0.25, -0.2) is 8.42 Å². The van der Waals surface area contributed by atoms with E-state index in [0.29, 0.717) is 0 Å². The summed E-state index contributed by atoms with van der Waals surface area (Å²) in [5.41, 5.74) is 4.99. The Kier molecular flexibility index (Phi) is 6.08. The number of aromatic nitrogens is 2. The van der Waals surface area contributed by atoms with Crippen molar-refractivity contribution in [3.05, 3.63) is 66.9 Å². The van der Waals surface area contributed by atoms with Crippen LogP contribution in [0.3, 0.4) is 0 Å². The van der Waals surface area contributed by atoms with Crippen molar-refractivity contribution in [2.75, 3.05) is 7.11 Å².